The molecule has 1 aromatic carbocycles. The third kappa shape index (κ3) is 2.68. The van der Waals surface area contributed by atoms with Crippen LogP contribution in [0.15, 0.2) is 24.3 Å². The molecule has 2 rings (SSSR count). The Morgan fingerprint density at radius 1 is 1.59 bits per heavy atom. The summed E-state index contributed by atoms with van der Waals surface area (Å²) in [6.07, 6.45) is -1.70. The Morgan fingerprint density at radius 2 is 2.35 bits per heavy atom. The minimum Gasteiger partial charge on any atom is -0.478 e. The molecule has 90 valence electrons. The van der Waals surface area contributed by atoms with Gasteiger partial charge in [-0.05, 0) is 17.7 Å². The highest BCUT2D eigenvalue weighted by Crippen LogP contribution is 2.17. The van der Waals surface area contributed by atoms with E-state index in [1.54, 1.807) is 18.2 Å². The van der Waals surface area contributed by atoms with Crippen LogP contribution in [-0.4, -0.2) is 34.7 Å². The second kappa shape index (κ2) is 4.63. The molecule has 1 aromatic rings. The fourth-order valence-corrected chi connectivity index (χ4v) is 1.83. The second-order valence-corrected chi connectivity index (χ2v) is 4.16. The van der Waals surface area contributed by atoms with Crippen molar-refractivity contribution in [3.05, 3.63) is 34.9 Å². The van der Waals surface area contributed by atoms with Crippen LogP contribution >= 0.6 is 11.6 Å². The molecule has 1 amide bonds. The summed E-state index contributed by atoms with van der Waals surface area (Å²) in [7, 11) is 0. The smallest absolute Gasteiger partial charge is 0.411 e. The Balaban J connectivity index is 2.05. The van der Waals surface area contributed by atoms with E-state index < -0.39 is 18.2 Å². The van der Waals surface area contributed by atoms with Crippen LogP contribution in [0.3, 0.4) is 0 Å². The van der Waals surface area contributed by atoms with E-state index in [9.17, 15) is 9.59 Å². The number of aliphatic carboxylic acids is 1. The highest BCUT2D eigenvalue weighted by molar-refractivity contribution is 6.30. The van der Waals surface area contributed by atoms with E-state index in [2.05, 4.69) is 0 Å². The Labute approximate surface area is 103 Å². The van der Waals surface area contributed by atoms with Crippen molar-refractivity contribution >= 4 is 23.7 Å². The molecule has 1 aliphatic rings. The van der Waals surface area contributed by atoms with Crippen molar-refractivity contribution in [3.63, 3.8) is 0 Å². The fraction of sp³-hybridized carbons (Fsp3) is 0.273. The van der Waals surface area contributed by atoms with Gasteiger partial charge in [0.05, 0.1) is 6.54 Å². The number of halogens is 1. The maximum atomic E-state index is 11.4. The minimum absolute atomic E-state index is 0.0562. The van der Waals surface area contributed by atoms with Gasteiger partial charge in [-0.2, -0.15) is 0 Å². The van der Waals surface area contributed by atoms with Gasteiger partial charge in [0.15, 0.2) is 0 Å². The van der Waals surface area contributed by atoms with Gasteiger partial charge in [-0.25, -0.2) is 9.59 Å². The molecule has 1 saturated heterocycles. The molecule has 1 N–H and O–H groups in total. The number of nitrogens with zero attached hydrogens (tertiary/aromatic N) is 1. The van der Waals surface area contributed by atoms with Crippen molar-refractivity contribution in [2.24, 2.45) is 0 Å². The minimum atomic E-state index is -1.13. The average molecular weight is 256 g/mol. The fourth-order valence-electron chi connectivity index (χ4n) is 1.62. The number of cyclic esters (lactones) is 1. The molecular weight excluding hydrogens is 246 g/mol. The van der Waals surface area contributed by atoms with E-state index in [-0.39, 0.29) is 6.54 Å². The molecule has 6 heteroatoms. The Morgan fingerprint density at radius 3 is 2.94 bits per heavy atom. The summed E-state index contributed by atoms with van der Waals surface area (Å²) < 4.78 is 4.69. The van der Waals surface area contributed by atoms with E-state index in [4.69, 9.17) is 21.4 Å². The predicted octanol–water partition coefficient (Wildman–Crippen LogP) is 1.75. The van der Waals surface area contributed by atoms with Crippen LogP contribution in [0.5, 0.6) is 0 Å². The summed E-state index contributed by atoms with van der Waals surface area (Å²) in [5, 5.41) is 9.31. The van der Waals surface area contributed by atoms with Crippen molar-refractivity contribution in [1.29, 1.82) is 0 Å². The molecule has 1 aliphatic heterocycles. The standard InChI is InChI=1S/C11H10ClNO4/c12-8-3-1-2-7(4-8)5-13-6-9(10(14)15)17-11(13)16/h1-4,9H,5-6H2,(H,14,15)/t9-/m1/s1. The Kier molecular flexibility index (Phi) is 3.19. The molecular formula is C11H10ClNO4. The number of carboxylic acid groups (broad SMARTS) is 1. The van der Waals surface area contributed by atoms with E-state index in [1.807, 2.05) is 6.07 Å². The van der Waals surface area contributed by atoms with Gasteiger partial charge >= 0.3 is 12.1 Å². The molecule has 0 saturated carbocycles. The quantitative estimate of drug-likeness (QED) is 0.893. The number of carbonyl (C=O) groups excluding carboxylic acids is 1. The topological polar surface area (TPSA) is 66.8 Å². The zero-order valence-corrected chi connectivity index (χ0v) is 9.55. The predicted molar refractivity (Wildman–Crippen MR) is 59.8 cm³/mol. The lowest BCUT2D eigenvalue weighted by atomic mass is 10.2. The van der Waals surface area contributed by atoms with Gasteiger partial charge in [0.1, 0.15) is 0 Å². The van der Waals surface area contributed by atoms with Crippen LogP contribution in [-0.2, 0) is 16.1 Å². The SMILES string of the molecule is O=C(O)[C@H]1CN(Cc2cccc(Cl)c2)C(=O)O1. The number of ether oxygens (including phenoxy) is 1. The number of benzene rings is 1. The van der Waals surface area contributed by atoms with Gasteiger partial charge in [0.2, 0.25) is 6.10 Å². The monoisotopic (exact) mass is 255 g/mol. The molecule has 17 heavy (non-hydrogen) atoms. The maximum absolute atomic E-state index is 11.4. The zero-order chi connectivity index (χ0) is 12.4. The maximum Gasteiger partial charge on any atom is 0.411 e. The molecule has 1 fully saturated rings. The highest BCUT2D eigenvalue weighted by atomic mass is 35.5. The normalized spacial score (nSPS) is 19.2. The van der Waals surface area contributed by atoms with Crippen LogP contribution in [0.4, 0.5) is 4.79 Å². The third-order valence-electron chi connectivity index (χ3n) is 2.43. The number of carboxylic acids is 1. The Hall–Kier alpha value is -1.75. The first-order chi connectivity index (χ1) is 8.06. The van der Waals surface area contributed by atoms with Gasteiger partial charge in [-0.1, -0.05) is 23.7 Å². The van der Waals surface area contributed by atoms with E-state index >= 15 is 0 Å². The Bertz CT molecular complexity index is 463. The van der Waals surface area contributed by atoms with Crippen LogP contribution in [0.1, 0.15) is 5.56 Å². The van der Waals surface area contributed by atoms with E-state index in [1.165, 1.54) is 4.90 Å². The van der Waals surface area contributed by atoms with Crippen LogP contribution in [0, 0.1) is 0 Å². The van der Waals surface area contributed by atoms with Crippen LogP contribution < -0.4 is 0 Å². The van der Waals surface area contributed by atoms with Gasteiger partial charge < -0.3 is 9.84 Å². The van der Waals surface area contributed by atoms with Crippen molar-refractivity contribution < 1.29 is 19.4 Å². The zero-order valence-electron chi connectivity index (χ0n) is 8.80. The number of rotatable bonds is 3. The van der Waals surface area contributed by atoms with E-state index in [0.29, 0.717) is 11.6 Å². The molecule has 0 unspecified atom stereocenters. The first kappa shape index (κ1) is 11.7. The van der Waals surface area contributed by atoms with Crippen molar-refractivity contribution in [2.75, 3.05) is 6.54 Å². The average Bonchev–Trinajstić information content (AvgIpc) is 2.61. The third-order valence-corrected chi connectivity index (χ3v) is 2.66. The lowest BCUT2D eigenvalue weighted by Gasteiger charge is -2.12. The lowest BCUT2D eigenvalue weighted by Crippen LogP contribution is -2.27. The lowest BCUT2D eigenvalue weighted by molar-refractivity contribution is -0.144. The number of hydrogen-bond donors (Lipinski definition) is 1. The summed E-state index contributed by atoms with van der Waals surface area (Å²) in [6.45, 7) is 0.351. The van der Waals surface area contributed by atoms with Gasteiger partial charge in [-0.3, -0.25) is 4.90 Å². The number of hydrogen-bond acceptors (Lipinski definition) is 3. The molecule has 0 spiro atoms. The molecule has 0 aromatic heterocycles. The van der Waals surface area contributed by atoms with Gasteiger partial charge in [-0.15, -0.1) is 0 Å². The molecule has 1 heterocycles. The number of amides is 1. The largest absolute Gasteiger partial charge is 0.478 e. The first-order valence-corrected chi connectivity index (χ1v) is 5.37. The molecule has 0 aliphatic carbocycles. The van der Waals surface area contributed by atoms with Crippen LogP contribution in [0.25, 0.3) is 0 Å². The van der Waals surface area contributed by atoms with Crippen LogP contribution in [0.2, 0.25) is 5.02 Å². The second-order valence-electron chi connectivity index (χ2n) is 3.72. The summed E-state index contributed by atoms with van der Waals surface area (Å²) in [5.74, 6) is -1.13. The van der Waals surface area contributed by atoms with Gasteiger partial charge in [0, 0.05) is 11.6 Å². The molecule has 1 atom stereocenters. The summed E-state index contributed by atoms with van der Waals surface area (Å²) in [5.41, 5.74) is 0.834. The summed E-state index contributed by atoms with van der Waals surface area (Å²) >= 11 is 5.82. The molecule has 0 bridgehead atoms. The first-order valence-electron chi connectivity index (χ1n) is 4.99. The van der Waals surface area contributed by atoms with Crippen molar-refractivity contribution in [3.8, 4) is 0 Å². The molecule has 5 nitrogen and oxygen atoms in total. The summed E-state index contributed by atoms with van der Waals surface area (Å²) in [4.78, 5) is 23.4. The van der Waals surface area contributed by atoms with Crippen molar-refractivity contribution in [1.82, 2.24) is 4.90 Å². The molecule has 0 radical (unpaired) electrons. The van der Waals surface area contributed by atoms with Gasteiger partial charge in [0.25, 0.3) is 0 Å². The summed E-state index contributed by atoms with van der Waals surface area (Å²) in [6, 6.07) is 7.04. The van der Waals surface area contributed by atoms with Crippen molar-refractivity contribution in [2.45, 2.75) is 12.6 Å². The van der Waals surface area contributed by atoms with E-state index in [0.717, 1.165) is 5.56 Å². The number of carbonyl (C=O) groups is 2. The highest BCUT2D eigenvalue weighted by Gasteiger charge is 2.35.